The third-order valence-electron chi connectivity index (χ3n) is 3.82. The Hall–Kier alpha value is -0.800. The first-order valence-electron chi connectivity index (χ1n) is 8.30. The Morgan fingerprint density at radius 2 is 1.04 bits per heavy atom. The molecule has 0 aliphatic rings. The predicted molar refractivity (Wildman–Crippen MR) is 106 cm³/mol. The second-order valence-electron chi connectivity index (χ2n) is 5.61. The number of ether oxygens (including phenoxy) is 1. The number of unbranched alkanes of at least 4 members (excludes halogenated alkanes) is 2. The summed E-state index contributed by atoms with van der Waals surface area (Å²) in [5.41, 5.74) is 2.59. The molecular weight excluding hydrogens is 416 g/mol. The van der Waals surface area contributed by atoms with Crippen LogP contribution in [0.3, 0.4) is 0 Å². The summed E-state index contributed by atoms with van der Waals surface area (Å²) in [7, 11) is 0. The Kier molecular flexibility index (Phi) is 8.77. The lowest BCUT2D eigenvalue weighted by molar-refractivity contribution is 0.468. The van der Waals surface area contributed by atoms with Crippen molar-refractivity contribution < 1.29 is 4.74 Å². The Labute approximate surface area is 156 Å². The molecule has 0 heterocycles. The zero-order valence-corrected chi connectivity index (χ0v) is 16.6. The fraction of sp³-hybridized carbons (Fsp3) is 0.400. The minimum Gasteiger partial charge on any atom is -0.457 e. The van der Waals surface area contributed by atoms with Crippen molar-refractivity contribution in [2.45, 2.75) is 38.5 Å². The lowest BCUT2D eigenvalue weighted by atomic mass is 10.1. The van der Waals surface area contributed by atoms with Gasteiger partial charge in [0.05, 0.1) is 0 Å². The molecule has 0 aliphatic heterocycles. The number of rotatable bonds is 10. The second-order valence-corrected chi connectivity index (χ2v) is 7.20. The molecule has 0 saturated heterocycles. The van der Waals surface area contributed by atoms with E-state index in [4.69, 9.17) is 4.74 Å². The van der Waals surface area contributed by atoms with Gasteiger partial charge < -0.3 is 4.74 Å². The van der Waals surface area contributed by atoms with Crippen LogP contribution < -0.4 is 4.74 Å². The zero-order chi connectivity index (χ0) is 16.3. The average Bonchev–Trinajstić information content (AvgIpc) is 2.58. The highest BCUT2D eigenvalue weighted by molar-refractivity contribution is 9.09. The monoisotopic (exact) mass is 438 g/mol. The molecule has 0 spiro atoms. The maximum absolute atomic E-state index is 6.28. The van der Waals surface area contributed by atoms with E-state index in [0.717, 1.165) is 35.0 Å². The number of halogens is 2. The van der Waals surface area contributed by atoms with E-state index in [2.05, 4.69) is 80.4 Å². The van der Waals surface area contributed by atoms with Crippen LogP contribution in [0.2, 0.25) is 0 Å². The standard InChI is InChI=1S/C20H24Br2O/c21-15-7-5-11-17-9-1-3-13-19(17)23-20-14-4-2-10-18(20)12-6-8-16-22/h1-4,9-10,13-14H,5-8,11-12,15-16H2. The minimum atomic E-state index is 0.995. The molecule has 3 heteroatoms. The molecule has 0 fully saturated rings. The van der Waals surface area contributed by atoms with E-state index in [1.54, 1.807) is 0 Å². The molecule has 0 N–H and O–H groups in total. The van der Waals surface area contributed by atoms with Gasteiger partial charge in [0, 0.05) is 10.7 Å². The molecular formula is C20H24Br2O. The third-order valence-corrected chi connectivity index (χ3v) is 4.95. The number of alkyl halides is 2. The summed E-state index contributed by atoms with van der Waals surface area (Å²) in [6, 6.07) is 16.8. The lowest BCUT2D eigenvalue weighted by Gasteiger charge is -2.14. The van der Waals surface area contributed by atoms with E-state index in [9.17, 15) is 0 Å². The van der Waals surface area contributed by atoms with Crippen molar-refractivity contribution in [2.75, 3.05) is 10.7 Å². The van der Waals surface area contributed by atoms with Gasteiger partial charge in [0.25, 0.3) is 0 Å². The lowest BCUT2D eigenvalue weighted by Crippen LogP contribution is -1.96. The molecule has 23 heavy (non-hydrogen) atoms. The van der Waals surface area contributed by atoms with Crippen molar-refractivity contribution in [1.82, 2.24) is 0 Å². The summed E-state index contributed by atoms with van der Waals surface area (Å²) in [6.45, 7) is 0. The van der Waals surface area contributed by atoms with Gasteiger partial charge in [0.1, 0.15) is 11.5 Å². The summed E-state index contributed by atoms with van der Waals surface area (Å²) >= 11 is 7.00. The quantitative estimate of drug-likeness (QED) is 0.288. The normalized spacial score (nSPS) is 10.7. The molecule has 1 nitrogen and oxygen atoms in total. The van der Waals surface area contributed by atoms with E-state index < -0.39 is 0 Å². The summed E-state index contributed by atoms with van der Waals surface area (Å²) < 4.78 is 6.28. The zero-order valence-electron chi connectivity index (χ0n) is 13.4. The van der Waals surface area contributed by atoms with Gasteiger partial charge >= 0.3 is 0 Å². The molecule has 0 saturated carbocycles. The van der Waals surface area contributed by atoms with Crippen molar-refractivity contribution in [2.24, 2.45) is 0 Å². The predicted octanol–water partition coefficient (Wildman–Crippen LogP) is 6.91. The summed E-state index contributed by atoms with van der Waals surface area (Å²) in [5, 5.41) is 2.12. The van der Waals surface area contributed by atoms with Gasteiger partial charge in [0.2, 0.25) is 0 Å². The van der Waals surface area contributed by atoms with Crippen molar-refractivity contribution >= 4 is 31.9 Å². The highest BCUT2D eigenvalue weighted by atomic mass is 79.9. The summed E-state index contributed by atoms with van der Waals surface area (Å²) in [6.07, 6.45) is 6.87. The van der Waals surface area contributed by atoms with Crippen molar-refractivity contribution in [3.8, 4) is 11.5 Å². The van der Waals surface area contributed by atoms with Crippen LogP contribution in [-0.2, 0) is 12.8 Å². The number of aryl methyl sites for hydroxylation is 2. The number of benzene rings is 2. The van der Waals surface area contributed by atoms with Crippen LogP contribution in [0, 0.1) is 0 Å². The molecule has 2 aromatic rings. The first kappa shape index (κ1) is 18.5. The number of para-hydroxylation sites is 2. The van der Waals surface area contributed by atoms with E-state index >= 15 is 0 Å². The number of hydrogen-bond donors (Lipinski definition) is 0. The van der Waals surface area contributed by atoms with Gasteiger partial charge in [-0.2, -0.15) is 0 Å². The molecule has 0 aromatic heterocycles. The van der Waals surface area contributed by atoms with Gasteiger partial charge in [0.15, 0.2) is 0 Å². The summed E-state index contributed by atoms with van der Waals surface area (Å²) in [5.74, 6) is 1.99. The van der Waals surface area contributed by atoms with Crippen molar-refractivity contribution in [3.05, 3.63) is 59.7 Å². The largest absolute Gasteiger partial charge is 0.457 e. The molecule has 0 unspecified atom stereocenters. The molecule has 0 atom stereocenters. The molecule has 0 radical (unpaired) electrons. The Balaban J connectivity index is 2.09. The first-order chi connectivity index (χ1) is 11.3. The van der Waals surface area contributed by atoms with Crippen molar-refractivity contribution in [1.29, 1.82) is 0 Å². The highest BCUT2D eigenvalue weighted by Crippen LogP contribution is 2.30. The Bertz CT molecular complexity index is 532. The van der Waals surface area contributed by atoms with Gasteiger partial charge in [-0.1, -0.05) is 68.3 Å². The smallest absolute Gasteiger partial charge is 0.130 e. The molecule has 0 amide bonds. The van der Waals surface area contributed by atoms with Crippen LogP contribution in [0.5, 0.6) is 11.5 Å². The third kappa shape index (κ3) is 6.31. The van der Waals surface area contributed by atoms with Gasteiger partial charge in [-0.15, -0.1) is 0 Å². The van der Waals surface area contributed by atoms with Crippen LogP contribution in [-0.4, -0.2) is 10.7 Å². The fourth-order valence-electron chi connectivity index (χ4n) is 2.56. The molecule has 0 bridgehead atoms. The van der Waals surface area contributed by atoms with Crippen LogP contribution in [0.1, 0.15) is 36.8 Å². The van der Waals surface area contributed by atoms with E-state index in [0.29, 0.717) is 0 Å². The molecule has 0 aliphatic carbocycles. The van der Waals surface area contributed by atoms with Crippen LogP contribution in [0.4, 0.5) is 0 Å². The SMILES string of the molecule is BrCCCCc1ccccc1Oc1ccccc1CCCCBr. The van der Waals surface area contributed by atoms with E-state index in [-0.39, 0.29) is 0 Å². The van der Waals surface area contributed by atoms with Gasteiger partial charge in [-0.3, -0.25) is 0 Å². The Morgan fingerprint density at radius 1 is 0.609 bits per heavy atom. The average molecular weight is 440 g/mol. The molecule has 124 valence electrons. The maximum atomic E-state index is 6.28. The van der Waals surface area contributed by atoms with Crippen LogP contribution in [0.25, 0.3) is 0 Å². The van der Waals surface area contributed by atoms with E-state index in [1.807, 2.05) is 0 Å². The second kappa shape index (κ2) is 10.9. The topological polar surface area (TPSA) is 9.23 Å². The van der Waals surface area contributed by atoms with Crippen LogP contribution >= 0.6 is 31.9 Å². The molecule has 2 rings (SSSR count). The first-order valence-corrected chi connectivity index (χ1v) is 10.5. The van der Waals surface area contributed by atoms with Gasteiger partial charge in [-0.05, 0) is 61.8 Å². The number of hydrogen-bond acceptors (Lipinski definition) is 1. The summed E-state index contributed by atoms with van der Waals surface area (Å²) in [4.78, 5) is 0. The van der Waals surface area contributed by atoms with Crippen LogP contribution in [0.15, 0.2) is 48.5 Å². The van der Waals surface area contributed by atoms with Gasteiger partial charge in [-0.25, -0.2) is 0 Å². The van der Waals surface area contributed by atoms with Crippen molar-refractivity contribution in [3.63, 3.8) is 0 Å². The highest BCUT2D eigenvalue weighted by Gasteiger charge is 2.08. The Morgan fingerprint density at radius 3 is 1.48 bits per heavy atom. The maximum Gasteiger partial charge on any atom is 0.130 e. The minimum absolute atomic E-state index is 0.995. The molecule has 2 aromatic carbocycles. The van der Waals surface area contributed by atoms with E-state index in [1.165, 1.54) is 36.8 Å². The fourth-order valence-corrected chi connectivity index (χ4v) is 3.35.